The van der Waals surface area contributed by atoms with Gasteiger partial charge in [0.15, 0.2) is 0 Å². The van der Waals surface area contributed by atoms with Gasteiger partial charge in [0.1, 0.15) is 0 Å². The molecule has 0 bridgehead atoms. The molecule has 1 aliphatic heterocycles. The summed E-state index contributed by atoms with van der Waals surface area (Å²) in [6.07, 6.45) is 4.70. The predicted octanol–water partition coefficient (Wildman–Crippen LogP) is 1.37. The minimum Gasteiger partial charge on any atom is -0.352 e. The lowest BCUT2D eigenvalue weighted by atomic mass is 10.0. The van der Waals surface area contributed by atoms with E-state index < -0.39 is 5.54 Å². The fourth-order valence-electron chi connectivity index (χ4n) is 2.16. The van der Waals surface area contributed by atoms with Crippen LogP contribution in [-0.2, 0) is 4.79 Å². The van der Waals surface area contributed by atoms with E-state index in [9.17, 15) is 4.79 Å². The predicted molar refractivity (Wildman–Crippen MR) is 75.7 cm³/mol. The molecule has 0 aromatic rings. The molecule has 1 rings (SSSR count). The van der Waals surface area contributed by atoms with Crippen molar-refractivity contribution in [3.05, 3.63) is 0 Å². The van der Waals surface area contributed by atoms with E-state index in [1.54, 1.807) is 0 Å². The number of carbonyl (C=O) groups excluding carboxylic acids is 1. The summed E-state index contributed by atoms with van der Waals surface area (Å²) in [5, 5.41) is 6.20. The standard InChI is InChI=1S/C14H29N3O/c1-5-6-9-17-10-7-12(8-11-17)16-13(18)14(2,3)15-4/h12,15H,5-11H2,1-4H3,(H,16,18). The Balaban J connectivity index is 2.29. The number of carbonyl (C=O) groups is 1. The van der Waals surface area contributed by atoms with Gasteiger partial charge in [0, 0.05) is 19.1 Å². The third kappa shape index (κ3) is 4.58. The number of piperidine rings is 1. The molecule has 0 unspecified atom stereocenters. The third-order valence-electron chi connectivity index (χ3n) is 3.94. The molecule has 0 aliphatic carbocycles. The van der Waals surface area contributed by atoms with Gasteiger partial charge in [0.2, 0.25) is 5.91 Å². The summed E-state index contributed by atoms with van der Waals surface area (Å²) < 4.78 is 0. The van der Waals surface area contributed by atoms with Gasteiger partial charge in [0.05, 0.1) is 5.54 Å². The van der Waals surface area contributed by atoms with Crippen molar-refractivity contribution in [2.45, 2.75) is 58.0 Å². The van der Waals surface area contributed by atoms with Crippen molar-refractivity contribution >= 4 is 5.91 Å². The van der Waals surface area contributed by atoms with Crippen LogP contribution in [0.25, 0.3) is 0 Å². The monoisotopic (exact) mass is 255 g/mol. The van der Waals surface area contributed by atoms with Gasteiger partial charge >= 0.3 is 0 Å². The van der Waals surface area contributed by atoms with Gasteiger partial charge in [-0.2, -0.15) is 0 Å². The molecule has 0 saturated carbocycles. The molecule has 1 heterocycles. The summed E-state index contributed by atoms with van der Waals surface area (Å²) in [5.41, 5.74) is -0.473. The van der Waals surface area contributed by atoms with E-state index in [2.05, 4.69) is 22.5 Å². The quantitative estimate of drug-likeness (QED) is 0.753. The molecule has 1 saturated heterocycles. The summed E-state index contributed by atoms with van der Waals surface area (Å²) >= 11 is 0. The largest absolute Gasteiger partial charge is 0.352 e. The van der Waals surface area contributed by atoms with Crippen molar-refractivity contribution in [3.63, 3.8) is 0 Å². The van der Waals surface area contributed by atoms with Crippen LogP contribution in [0.1, 0.15) is 46.5 Å². The minimum atomic E-state index is -0.473. The van der Waals surface area contributed by atoms with Crippen LogP contribution < -0.4 is 10.6 Å². The van der Waals surface area contributed by atoms with E-state index in [1.807, 2.05) is 20.9 Å². The van der Waals surface area contributed by atoms with Crippen LogP contribution in [0.5, 0.6) is 0 Å². The maximum atomic E-state index is 12.0. The second-order valence-electron chi connectivity index (χ2n) is 5.82. The molecule has 0 atom stereocenters. The molecular weight excluding hydrogens is 226 g/mol. The summed E-state index contributed by atoms with van der Waals surface area (Å²) in [5.74, 6) is 0.108. The van der Waals surface area contributed by atoms with Gasteiger partial charge < -0.3 is 15.5 Å². The van der Waals surface area contributed by atoms with Crippen molar-refractivity contribution in [1.29, 1.82) is 0 Å². The average molecular weight is 255 g/mol. The van der Waals surface area contributed by atoms with E-state index in [1.165, 1.54) is 19.4 Å². The van der Waals surface area contributed by atoms with Crippen LogP contribution in [0.3, 0.4) is 0 Å². The Kier molecular flexibility index (Phi) is 6.09. The van der Waals surface area contributed by atoms with Crippen molar-refractivity contribution in [2.24, 2.45) is 0 Å². The Morgan fingerprint density at radius 2 is 1.94 bits per heavy atom. The molecule has 2 N–H and O–H groups in total. The van der Waals surface area contributed by atoms with Crippen LogP contribution in [0.4, 0.5) is 0 Å². The summed E-state index contributed by atoms with van der Waals surface area (Å²) in [6, 6.07) is 0.350. The van der Waals surface area contributed by atoms with Crippen LogP contribution in [0.15, 0.2) is 0 Å². The Bertz CT molecular complexity index is 258. The fourth-order valence-corrected chi connectivity index (χ4v) is 2.16. The number of amides is 1. The van der Waals surface area contributed by atoms with E-state index in [0.29, 0.717) is 6.04 Å². The number of unbranched alkanes of at least 4 members (excludes halogenated alkanes) is 1. The van der Waals surface area contributed by atoms with Crippen molar-refractivity contribution in [2.75, 3.05) is 26.7 Å². The number of likely N-dealkylation sites (tertiary alicyclic amines) is 1. The zero-order chi connectivity index (χ0) is 13.6. The number of rotatable bonds is 6. The number of nitrogens with one attached hydrogen (secondary N) is 2. The lowest BCUT2D eigenvalue weighted by Gasteiger charge is -2.34. The Morgan fingerprint density at radius 3 is 2.44 bits per heavy atom. The zero-order valence-electron chi connectivity index (χ0n) is 12.4. The topological polar surface area (TPSA) is 44.4 Å². The van der Waals surface area contributed by atoms with Crippen molar-refractivity contribution in [1.82, 2.24) is 15.5 Å². The van der Waals surface area contributed by atoms with Gasteiger partial charge in [0.25, 0.3) is 0 Å². The Labute approximate surface area is 111 Å². The molecule has 0 aromatic heterocycles. The number of likely N-dealkylation sites (N-methyl/N-ethyl adjacent to an activating group) is 1. The lowest BCUT2D eigenvalue weighted by Crippen LogP contribution is -2.55. The Hall–Kier alpha value is -0.610. The second kappa shape index (κ2) is 7.10. The highest BCUT2D eigenvalue weighted by molar-refractivity contribution is 5.85. The van der Waals surface area contributed by atoms with Crippen LogP contribution >= 0.6 is 0 Å². The van der Waals surface area contributed by atoms with Crippen LogP contribution in [0.2, 0.25) is 0 Å². The summed E-state index contributed by atoms with van der Waals surface area (Å²) in [6.45, 7) is 9.50. The van der Waals surface area contributed by atoms with E-state index >= 15 is 0 Å². The molecule has 0 spiro atoms. The minimum absolute atomic E-state index is 0.108. The highest BCUT2D eigenvalue weighted by Gasteiger charge is 2.28. The molecule has 106 valence electrons. The normalized spacial score (nSPS) is 18.9. The summed E-state index contributed by atoms with van der Waals surface area (Å²) in [4.78, 5) is 14.5. The highest BCUT2D eigenvalue weighted by Crippen LogP contribution is 2.12. The molecule has 0 radical (unpaired) electrons. The second-order valence-corrected chi connectivity index (χ2v) is 5.82. The molecule has 1 fully saturated rings. The van der Waals surface area contributed by atoms with Crippen LogP contribution in [-0.4, -0.2) is 49.1 Å². The molecule has 1 aliphatic rings. The first-order valence-electron chi connectivity index (χ1n) is 7.22. The number of nitrogens with zero attached hydrogens (tertiary/aromatic N) is 1. The fraction of sp³-hybridized carbons (Fsp3) is 0.929. The summed E-state index contributed by atoms with van der Waals surface area (Å²) in [7, 11) is 1.83. The molecule has 18 heavy (non-hydrogen) atoms. The maximum Gasteiger partial charge on any atom is 0.239 e. The molecular formula is C14H29N3O. The maximum absolute atomic E-state index is 12.0. The van der Waals surface area contributed by atoms with Crippen LogP contribution in [0, 0.1) is 0 Å². The SMILES string of the molecule is CCCCN1CCC(NC(=O)C(C)(C)NC)CC1. The number of hydrogen-bond acceptors (Lipinski definition) is 3. The molecule has 0 aromatic carbocycles. The van der Waals surface area contributed by atoms with Gasteiger partial charge in [-0.05, 0) is 46.7 Å². The number of hydrogen-bond donors (Lipinski definition) is 2. The van der Waals surface area contributed by atoms with Gasteiger partial charge in [-0.3, -0.25) is 4.79 Å². The first-order valence-corrected chi connectivity index (χ1v) is 7.22. The van der Waals surface area contributed by atoms with Gasteiger partial charge in [-0.15, -0.1) is 0 Å². The van der Waals surface area contributed by atoms with Crippen molar-refractivity contribution in [3.8, 4) is 0 Å². The lowest BCUT2D eigenvalue weighted by molar-refractivity contribution is -0.127. The van der Waals surface area contributed by atoms with E-state index in [-0.39, 0.29) is 5.91 Å². The Morgan fingerprint density at radius 1 is 1.33 bits per heavy atom. The first-order chi connectivity index (χ1) is 8.49. The third-order valence-corrected chi connectivity index (χ3v) is 3.94. The smallest absolute Gasteiger partial charge is 0.239 e. The van der Waals surface area contributed by atoms with Gasteiger partial charge in [-0.25, -0.2) is 0 Å². The van der Waals surface area contributed by atoms with Gasteiger partial charge in [-0.1, -0.05) is 13.3 Å². The molecule has 4 heteroatoms. The zero-order valence-corrected chi connectivity index (χ0v) is 12.4. The van der Waals surface area contributed by atoms with Crippen molar-refractivity contribution < 1.29 is 4.79 Å². The van der Waals surface area contributed by atoms with E-state index in [0.717, 1.165) is 25.9 Å². The molecule has 1 amide bonds. The highest BCUT2D eigenvalue weighted by atomic mass is 16.2. The molecule has 4 nitrogen and oxygen atoms in total. The first kappa shape index (κ1) is 15.4. The average Bonchev–Trinajstić information content (AvgIpc) is 2.37. The van der Waals surface area contributed by atoms with E-state index in [4.69, 9.17) is 0 Å².